The number of halogens is 2. The molecule has 4 heterocycles. The van der Waals surface area contributed by atoms with Gasteiger partial charge in [-0.1, -0.05) is 0 Å². The molecule has 1 atom stereocenters. The summed E-state index contributed by atoms with van der Waals surface area (Å²) >= 11 is 3.42. The SMILES string of the molecule is Cc1c(F)cc2nc3c(cc2c1Br)Cn1c-3cc2c(c1=O)COC(=O)C2O. The molecule has 1 unspecified atom stereocenters. The summed E-state index contributed by atoms with van der Waals surface area (Å²) in [4.78, 5) is 29.1. The molecule has 6 nitrogen and oxygen atoms in total. The second kappa shape index (κ2) is 5.46. The number of hydrogen-bond acceptors (Lipinski definition) is 5. The first kappa shape index (κ1) is 16.6. The highest BCUT2D eigenvalue weighted by Crippen LogP contribution is 2.37. The molecule has 8 heteroatoms. The molecule has 2 aliphatic heterocycles. The number of hydrogen-bond donors (Lipinski definition) is 1. The Labute approximate surface area is 160 Å². The number of carbonyl (C=O) groups excluding carboxylic acids is 1. The minimum absolute atomic E-state index is 0.161. The van der Waals surface area contributed by atoms with Gasteiger partial charge in [0.15, 0.2) is 6.10 Å². The smallest absolute Gasteiger partial charge is 0.340 e. The quantitative estimate of drug-likeness (QED) is 0.433. The Bertz CT molecular complexity index is 1250. The summed E-state index contributed by atoms with van der Waals surface area (Å²) in [6.45, 7) is 1.83. The van der Waals surface area contributed by atoms with Gasteiger partial charge in [-0.2, -0.15) is 0 Å². The number of aromatic nitrogens is 2. The lowest BCUT2D eigenvalue weighted by Crippen LogP contribution is -2.32. The number of cyclic esters (lactones) is 1. The third kappa shape index (κ3) is 2.17. The van der Waals surface area contributed by atoms with Gasteiger partial charge < -0.3 is 14.4 Å². The molecule has 27 heavy (non-hydrogen) atoms. The Morgan fingerprint density at radius 1 is 1.33 bits per heavy atom. The Kier molecular flexibility index (Phi) is 3.36. The number of benzene rings is 1. The molecule has 0 fully saturated rings. The van der Waals surface area contributed by atoms with E-state index in [1.54, 1.807) is 17.6 Å². The number of nitrogens with zero attached hydrogens (tertiary/aromatic N) is 2. The van der Waals surface area contributed by atoms with E-state index in [9.17, 15) is 19.1 Å². The van der Waals surface area contributed by atoms with Crippen molar-refractivity contribution in [2.24, 2.45) is 0 Å². The number of fused-ring (bicyclic) bond motifs is 5. The maximum absolute atomic E-state index is 14.1. The third-order valence-corrected chi connectivity index (χ3v) is 6.22. The second-order valence-corrected chi connectivity index (χ2v) is 7.52. The minimum atomic E-state index is -1.49. The molecule has 0 aliphatic carbocycles. The van der Waals surface area contributed by atoms with Crippen molar-refractivity contribution in [2.75, 3.05) is 0 Å². The Morgan fingerprint density at radius 2 is 2.11 bits per heavy atom. The number of aliphatic hydroxyl groups is 1. The Morgan fingerprint density at radius 3 is 2.89 bits per heavy atom. The minimum Gasteiger partial charge on any atom is -0.458 e. The zero-order valence-corrected chi connectivity index (χ0v) is 15.6. The molecule has 0 bridgehead atoms. The fourth-order valence-electron chi connectivity index (χ4n) is 3.70. The number of aliphatic hydroxyl groups excluding tert-OH is 1. The maximum atomic E-state index is 14.1. The first-order valence-electron chi connectivity index (χ1n) is 8.26. The first-order valence-corrected chi connectivity index (χ1v) is 9.06. The highest BCUT2D eigenvalue weighted by atomic mass is 79.9. The maximum Gasteiger partial charge on any atom is 0.340 e. The van der Waals surface area contributed by atoms with Crippen molar-refractivity contribution in [2.45, 2.75) is 26.2 Å². The highest BCUT2D eigenvalue weighted by Gasteiger charge is 2.33. The van der Waals surface area contributed by atoms with Gasteiger partial charge in [-0.25, -0.2) is 14.2 Å². The predicted octanol–water partition coefficient (Wildman–Crippen LogP) is 2.73. The van der Waals surface area contributed by atoms with Crippen LogP contribution in [0.15, 0.2) is 27.5 Å². The van der Waals surface area contributed by atoms with E-state index in [2.05, 4.69) is 20.9 Å². The summed E-state index contributed by atoms with van der Waals surface area (Å²) in [5, 5.41) is 10.9. The van der Waals surface area contributed by atoms with Crippen LogP contribution in [0.4, 0.5) is 4.39 Å². The van der Waals surface area contributed by atoms with E-state index in [-0.39, 0.29) is 29.1 Å². The summed E-state index contributed by atoms with van der Waals surface area (Å²) < 4.78 is 21.2. The van der Waals surface area contributed by atoms with Gasteiger partial charge in [-0.05, 0) is 40.5 Å². The molecule has 1 N–H and O–H groups in total. The summed E-state index contributed by atoms with van der Waals surface area (Å²) in [5.41, 5.74) is 3.01. The molecule has 1 aromatic carbocycles. The first-order chi connectivity index (χ1) is 12.9. The Hall–Kier alpha value is -2.58. The predicted molar refractivity (Wildman–Crippen MR) is 97.7 cm³/mol. The van der Waals surface area contributed by atoms with E-state index in [0.29, 0.717) is 33.5 Å². The number of carbonyl (C=O) groups is 1. The third-order valence-electron chi connectivity index (χ3n) is 5.20. The van der Waals surface area contributed by atoms with Crippen LogP contribution in [0.1, 0.15) is 28.4 Å². The molecule has 2 aliphatic rings. The zero-order chi connectivity index (χ0) is 19.0. The average molecular weight is 431 g/mol. The molecule has 0 spiro atoms. The summed E-state index contributed by atoms with van der Waals surface area (Å²) in [7, 11) is 0. The van der Waals surface area contributed by atoms with Crippen molar-refractivity contribution in [1.29, 1.82) is 0 Å². The van der Waals surface area contributed by atoms with Gasteiger partial charge in [-0.3, -0.25) is 4.79 Å². The fraction of sp³-hybridized carbons (Fsp3) is 0.211. The zero-order valence-electron chi connectivity index (χ0n) is 14.0. The van der Waals surface area contributed by atoms with Crippen LogP contribution in [-0.2, 0) is 22.7 Å². The topological polar surface area (TPSA) is 81.4 Å². The van der Waals surface area contributed by atoms with E-state index in [1.165, 1.54) is 6.07 Å². The summed E-state index contributed by atoms with van der Waals surface area (Å²) in [6.07, 6.45) is -1.49. The number of esters is 1. The summed E-state index contributed by atoms with van der Waals surface area (Å²) in [5.74, 6) is -1.15. The van der Waals surface area contributed by atoms with E-state index in [4.69, 9.17) is 4.74 Å². The molecule has 0 amide bonds. The van der Waals surface area contributed by atoms with Crippen LogP contribution in [0.3, 0.4) is 0 Å². The van der Waals surface area contributed by atoms with Crippen LogP contribution >= 0.6 is 15.9 Å². The lowest BCUT2D eigenvalue weighted by molar-refractivity contribution is -0.157. The molecular weight excluding hydrogens is 419 g/mol. The summed E-state index contributed by atoms with van der Waals surface area (Å²) in [6, 6.07) is 4.85. The molecule has 5 rings (SSSR count). The van der Waals surface area contributed by atoms with Crippen molar-refractivity contribution in [3.63, 3.8) is 0 Å². The van der Waals surface area contributed by atoms with Gasteiger partial charge in [0.2, 0.25) is 0 Å². The number of pyridine rings is 2. The monoisotopic (exact) mass is 430 g/mol. The largest absolute Gasteiger partial charge is 0.458 e. The molecule has 0 saturated heterocycles. The van der Waals surface area contributed by atoms with E-state index in [1.807, 2.05) is 6.07 Å². The van der Waals surface area contributed by atoms with E-state index >= 15 is 0 Å². The van der Waals surface area contributed by atoms with E-state index in [0.717, 1.165) is 10.9 Å². The van der Waals surface area contributed by atoms with Crippen molar-refractivity contribution in [1.82, 2.24) is 9.55 Å². The van der Waals surface area contributed by atoms with Crippen molar-refractivity contribution >= 4 is 32.8 Å². The molecule has 2 aromatic heterocycles. The Balaban J connectivity index is 1.80. The molecule has 0 radical (unpaired) electrons. The van der Waals surface area contributed by atoms with Crippen LogP contribution in [0.5, 0.6) is 0 Å². The number of rotatable bonds is 0. The van der Waals surface area contributed by atoms with Crippen LogP contribution in [0.25, 0.3) is 22.3 Å². The van der Waals surface area contributed by atoms with Crippen LogP contribution in [0.2, 0.25) is 0 Å². The molecule has 3 aromatic rings. The van der Waals surface area contributed by atoms with Crippen LogP contribution in [-0.4, -0.2) is 20.6 Å². The van der Waals surface area contributed by atoms with Crippen molar-refractivity contribution < 1.29 is 19.0 Å². The van der Waals surface area contributed by atoms with Gasteiger partial charge >= 0.3 is 5.97 Å². The van der Waals surface area contributed by atoms with Gasteiger partial charge in [0.05, 0.1) is 29.0 Å². The average Bonchev–Trinajstić information content (AvgIpc) is 3.00. The number of ether oxygens (including phenoxy) is 1. The fourth-order valence-corrected chi connectivity index (χ4v) is 4.21. The van der Waals surface area contributed by atoms with Gasteiger partial charge in [0, 0.05) is 27.1 Å². The van der Waals surface area contributed by atoms with Crippen LogP contribution in [0, 0.1) is 12.7 Å². The standard InChI is InChI=1S/C19H12BrFN2O4/c1-7-12(21)4-13-10(15(7)20)2-8-5-23-14(16(8)22-13)3-9-11(18(23)25)6-27-19(26)17(9)24/h2-4,17,24H,5-6H2,1H3. The highest BCUT2D eigenvalue weighted by molar-refractivity contribution is 9.10. The van der Waals surface area contributed by atoms with Gasteiger partial charge in [0.25, 0.3) is 5.56 Å². The van der Waals surface area contributed by atoms with Crippen LogP contribution < -0.4 is 5.56 Å². The molecular formula is C19H12BrFN2O4. The normalized spacial score (nSPS) is 17.5. The van der Waals surface area contributed by atoms with Gasteiger partial charge in [-0.15, -0.1) is 0 Å². The van der Waals surface area contributed by atoms with Crippen molar-refractivity contribution in [3.05, 3.63) is 61.1 Å². The molecule has 0 saturated carbocycles. The second-order valence-electron chi connectivity index (χ2n) is 6.73. The van der Waals surface area contributed by atoms with Crippen molar-refractivity contribution in [3.8, 4) is 11.4 Å². The lowest BCUT2D eigenvalue weighted by Gasteiger charge is -2.21. The van der Waals surface area contributed by atoms with E-state index < -0.39 is 12.1 Å². The van der Waals surface area contributed by atoms with Gasteiger partial charge in [0.1, 0.15) is 12.4 Å². The molecule has 136 valence electrons. The lowest BCUT2D eigenvalue weighted by atomic mass is 10.0.